The van der Waals surface area contributed by atoms with Crippen LogP contribution >= 0.6 is 0 Å². The third-order valence-electron chi connectivity index (χ3n) is 11.9. The molecule has 1 aromatic carbocycles. The van der Waals surface area contributed by atoms with Gasteiger partial charge >= 0.3 is 11.9 Å². The lowest BCUT2D eigenvalue weighted by Gasteiger charge is -2.51. The van der Waals surface area contributed by atoms with Crippen molar-refractivity contribution in [2.75, 3.05) is 6.61 Å². The Labute approximate surface area is 302 Å². The summed E-state index contributed by atoms with van der Waals surface area (Å²) in [5.74, 6) is -2.54. The quantitative estimate of drug-likeness (QED) is 0.261. The largest absolute Gasteiger partial charge is 0.462 e. The van der Waals surface area contributed by atoms with E-state index in [2.05, 4.69) is 26.8 Å². The molecule has 1 aliphatic carbocycles. The van der Waals surface area contributed by atoms with Crippen molar-refractivity contribution in [2.24, 2.45) is 23.7 Å². The summed E-state index contributed by atoms with van der Waals surface area (Å²) in [6.07, 6.45) is 9.49. The molecule has 9 nitrogen and oxygen atoms in total. The maximum absolute atomic E-state index is 14.2. The molecule has 1 aromatic rings. The lowest BCUT2D eigenvalue weighted by molar-refractivity contribution is -0.340. The first kappa shape index (κ1) is 37.7. The molecule has 3 saturated heterocycles. The summed E-state index contributed by atoms with van der Waals surface area (Å²) in [7, 11) is 0. The summed E-state index contributed by atoms with van der Waals surface area (Å²) in [4.78, 5) is 27.7. The highest BCUT2D eigenvalue weighted by molar-refractivity contribution is 5.89. The Bertz CT molecular complexity index is 1590. The summed E-state index contributed by atoms with van der Waals surface area (Å²) < 4.78 is 32.3. The van der Waals surface area contributed by atoms with Crippen molar-refractivity contribution < 1.29 is 43.5 Å². The molecule has 4 heterocycles. The molecule has 51 heavy (non-hydrogen) atoms. The maximum atomic E-state index is 14.2. The van der Waals surface area contributed by atoms with Crippen molar-refractivity contribution in [1.82, 2.24) is 0 Å². The van der Waals surface area contributed by atoms with Crippen molar-refractivity contribution in [3.05, 3.63) is 82.5 Å². The van der Waals surface area contributed by atoms with E-state index in [-0.39, 0.29) is 24.7 Å². The molecular formula is C42H56O9. The van der Waals surface area contributed by atoms with Crippen LogP contribution < -0.4 is 0 Å². The Kier molecular flexibility index (Phi) is 11.2. The highest BCUT2D eigenvalue weighted by Gasteiger charge is 2.60. The van der Waals surface area contributed by atoms with Crippen molar-refractivity contribution in [3.8, 4) is 0 Å². The summed E-state index contributed by atoms with van der Waals surface area (Å²) in [5.41, 5.74) is 1.53. The summed E-state index contributed by atoms with van der Waals surface area (Å²) in [6, 6.07) is 7.36. The van der Waals surface area contributed by atoms with E-state index < -0.39 is 53.7 Å². The first-order valence-corrected chi connectivity index (χ1v) is 18.8. The standard InChI is InChI=1S/C42H56O9/c1-8-25(3)37-28(6)17-18-41(51-37)22-33-21-32(50-41)16-15-27(5)36(49-39(44)30-13-9-11-24(2)19-30)26(4)12-10-14-31-23-47-38-35(43)29(7)20-34(40(45)48-33)42(31,38)46/h9-15,19-20,25-26,28,32-38,43,46H,8,16-18,21-23H2,1-7H3/b12-10+,27-15+,31-14+/t25-,26-,28-,32+,33-,34-,35+,36-,37+,38+,41+,42+/m0/s1. The van der Waals surface area contributed by atoms with Gasteiger partial charge in [0.1, 0.15) is 35.9 Å². The minimum Gasteiger partial charge on any atom is -0.462 e. The third-order valence-corrected chi connectivity index (χ3v) is 11.9. The molecule has 9 heteroatoms. The van der Waals surface area contributed by atoms with Gasteiger partial charge in [-0.1, -0.05) is 82.2 Å². The van der Waals surface area contributed by atoms with E-state index in [1.807, 2.05) is 45.0 Å². The Morgan fingerprint density at radius 3 is 2.65 bits per heavy atom. The Morgan fingerprint density at radius 1 is 1.12 bits per heavy atom. The Morgan fingerprint density at radius 2 is 1.90 bits per heavy atom. The van der Waals surface area contributed by atoms with Gasteiger partial charge in [-0.05, 0) is 74.3 Å². The zero-order valence-electron chi connectivity index (χ0n) is 31.2. The SMILES string of the molecule is CC[C@H](C)[C@H]1O[C@]2(CC[C@@H]1C)C[C@@H]1C[C@@H](C/C=C(\C)[C@@H](OC(=O)c3cccc(C)c3)[C@@H](C)/C=C/C=C3\CO[C@@H]4[C@H](O)C(C)=C[C@@H](C(=O)O1)[C@]34O)O2. The molecule has 4 aliphatic heterocycles. The van der Waals surface area contributed by atoms with Gasteiger partial charge in [-0.15, -0.1) is 0 Å². The Balaban J connectivity index is 1.39. The van der Waals surface area contributed by atoms with Crippen LogP contribution in [-0.2, 0) is 28.5 Å². The number of carbonyl (C=O) groups excluding carboxylic acids is 2. The molecule has 0 unspecified atom stereocenters. The molecule has 0 saturated carbocycles. The van der Waals surface area contributed by atoms with Gasteiger partial charge in [-0.3, -0.25) is 4.79 Å². The first-order chi connectivity index (χ1) is 24.2. The topological polar surface area (TPSA) is 121 Å². The van der Waals surface area contributed by atoms with E-state index in [4.69, 9.17) is 23.7 Å². The van der Waals surface area contributed by atoms with E-state index in [1.54, 1.807) is 31.2 Å². The number of aliphatic hydroxyl groups excluding tert-OH is 1. The van der Waals surface area contributed by atoms with Crippen LogP contribution in [0.4, 0.5) is 0 Å². The average Bonchev–Trinajstić information content (AvgIpc) is 3.44. The minimum absolute atomic E-state index is 0.00209. The van der Waals surface area contributed by atoms with Gasteiger partial charge in [-0.2, -0.15) is 0 Å². The predicted molar refractivity (Wildman–Crippen MR) is 193 cm³/mol. The number of hydrogen-bond acceptors (Lipinski definition) is 9. The summed E-state index contributed by atoms with van der Waals surface area (Å²) in [6.45, 7) is 14.3. The van der Waals surface area contributed by atoms with Gasteiger partial charge in [0.15, 0.2) is 5.79 Å². The lowest BCUT2D eigenvalue weighted by Crippen LogP contribution is -2.58. The van der Waals surface area contributed by atoms with Gasteiger partial charge in [0, 0.05) is 25.2 Å². The number of rotatable bonds is 4. The van der Waals surface area contributed by atoms with Crippen LogP contribution in [0.3, 0.4) is 0 Å². The molecule has 0 radical (unpaired) electrons. The maximum Gasteiger partial charge on any atom is 0.338 e. The van der Waals surface area contributed by atoms with Crippen LogP contribution in [0.5, 0.6) is 0 Å². The van der Waals surface area contributed by atoms with Crippen molar-refractivity contribution in [3.63, 3.8) is 0 Å². The van der Waals surface area contributed by atoms with E-state index in [0.717, 1.165) is 24.0 Å². The monoisotopic (exact) mass is 704 g/mol. The zero-order chi connectivity index (χ0) is 36.7. The van der Waals surface area contributed by atoms with Crippen LogP contribution in [0.15, 0.2) is 71.4 Å². The molecule has 0 amide bonds. The number of benzene rings is 1. The molecule has 2 bridgehead atoms. The normalized spacial score (nSPS) is 41.9. The van der Waals surface area contributed by atoms with Gasteiger partial charge < -0.3 is 33.9 Å². The lowest BCUT2D eigenvalue weighted by atomic mass is 9.71. The second kappa shape index (κ2) is 15.1. The smallest absolute Gasteiger partial charge is 0.338 e. The van der Waals surface area contributed by atoms with E-state index in [9.17, 15) is 19.8 Å². The second-order valence-electron chi connectivity index (χ2n) is 15.8. The van der Waals surface area contributed by atoms with E-state index in [1.165, 1.54) is 0 Å². The molecular weight excluding hydrogens is 648 g/mol. The number of carbonyl (C=O) groups is 2. The van der Waals surface area contributed by atoms with Crippen LogP contribution in [-0.4, -0.2) is 76.8 Å². The second-order valence-corrected chi connectivity index (χ2v) is 15.8. The molecule has 0 aromatic heterocycles. The number of aryl methyl sites for hydroxylation is 1. The molecule has 3 fully saturated rings. The molecule has 5 aliphatic rings. The summed E-state index contributed by atoms with van der Waals surface area (Å²) in [5, 5.41) is 23.4. The number of hydrogen-bond donors (Lipinski definition) is 2. The van der Waals surface area contributed by atoms with Crippen LogP contribution in [0.25, 0.3) is 0 Å². The third kappa shape index (κ3) is 7.56. The van der Waals surface area contributed by atoms with Crippen LogP contribution in [0.2, 0.25) is 0 Å². The molecule has 6 rings (SSSR count). The number of esters is 2. The molecule has 12 atom stereocenters. The predicted octanol–water partition coefficient (Wildman–Crippen LogP) is 6.70. The van der Waals surface area contributed by atoms with E-state index in [0.29, 0.717) is 54.2 Å². The number of fused-ring (bicyclic) bond motifs is 2. The average molecular weight is 705 g/mol. The summed E-state index contributed by atoms with van der Waals surface area (Å²) >= 11 is 0. The fourth-order valence-electron chi connectivity index (χ4n) is 8.70. The molecule has 1 spiro atoms. The van der Waals surface area contributed by atoms with Crippen LogP contribution in [0.1, 0.15) is 96.0 Å². The van der Waals surface area contributed by atoms with Gasteiger partial charge in [-0.25, -0.2) is 4.79 Å². The van der Waals surface area contributed by atoms with Crippen molar-refractivity contribution in [2.45, 2.75) is 135 Å². The number of allylic oxidation sites excluding steroid dienone is 2. The van der Waals surface area contributed by atoms with Crippen molar-refractivity contribution >= 4 is 11.9 Å². The number of ether oxygens (including phenoxy) is 5. The number of aliphatic hydroxyl groups is 2. The fourth-order valence-corrected chi connectivity index (χ4v) is 8.70. The highest BCUT2D eigenvalue weighted by Crippen LogP contribution is 2.48. The van der Waals surface area contributed by atoms with Crippen LogP contribution in [0, 0.1) is 30.6 Å². The molecule has 278 valence electrons. The van der Waals surface area contributed by atoms with Crippen molar-refractivity contribution in [1.29, 1.82) is 0 Å². The fraction of sp³-hybridized carbons (Fsp3) is 0.619. The van der Waals surface area contributed by atoms with E-state index >= 15 is 0 Å². The minimum atomic E-state index is -1.81. The van der Waals surface area contributed by atoms with Gasteiger partial charge in [0.05, 0.1) is 24.4 Å². The molecule has 2 N–H and O–H groups in total. The zero-order valence-corrected chi connectivity index (χ0v) is 31.2. The van der Waals surface area contributed by atoms with Gasteiger partial charge in [0.2, 0.25) is 0 Å². The highest BCUT2D eigenvalue weighted by atomic mass is 16.7. The Hall–Kier alpha value is -3.08. The van der Waals surface area contributed by atoms with Gasteiger partial charge in [0.25, 0.3) is 0 Å². The first-order valence-electron chi connectivity index (χ1n) is 18.8.